The monoisotopic (exact) mass is 288 g/mol. The zero-order valence-corrected chi connectivity index (χ0v) is 11.4. The largest absolute Gasteiger partial charge is 0.486 e. The Balaban J connectivity index is 2.13. The summed E-state index contributed by atoms with van der Waals surface area (Å²) in [6, 6.07) is 9.93. The van der Waals surface area contributed by atoms with Crippen molar-refractivity contribution in [2.75, 3.05) is 0 Å². The lowest BCUT2D eigenvalue weighted by Crippen LogP contribution is -2.06. The van der Waals surface area contributed by atoms with Crippen LogP contribution in [0.1, 0.15) is 29.7 Å². The Morgan fingerprint density at radius 1 is 1.24 bits per heavy atom. The Morgan fingerprint density at radius 2 is 2.00 bits per heavy atom. The predicted molar refractivity (Wildman–Crippen MR) is 74.4 cm³/mol. The lowest BCUT2D eigenvalue weighted by Gasteiger charge is -2.10. The summed E-state index contributed by atoms with van der Waals surface area (Å²) >= 11 is 0. The summed E-state index contributed by atoms with van der Waals surface area (Å²) in [5.41, 5.74) is 6.99. The van der Waals surface area contributed by atoms with Crippen LogP contribution >= 0.6 is 0 Å². The van der Waals surface area contributed by atoms with Crippen molar-refractivity contribution in [1.29, 1.82) is 5.26 Å². The van der Waals surface area contributed by atoms with Gasteiger partial charge >= 0.3 is 0 Å². The molecule has 0 aliphatic carbocycles. The van der Waals surface area contributed by atoms with Gasteiger partial charge in [-0.3, -0.25) is 0 Å². The topological polar surface area (TPSA) is 59.0 Å². The Labute approximate surface area is 121 Å². The second-order valence-electron chi connectivity index (χ2n) is 4.73. The van der Waals surface area contributed by atoms with Crippen molar-refractivity contribution in [3.63, 3.8) is 0 Å². The van der Waals surface area contributed by atoms with Crippen molar-refractivity contribution in [3.05, 3.63) is 64.7 Å². The van der Waals surface area contributed by atoms with Crippen LogP contribution in [0, 0.1) is 23.0 Å². The van der Waals surface area contributed by atoms with Crippen LogP contribution in [-0.2, 0) is 6.61 Å². The maximum atomic E-state index is 13.8. The van der Waals surface area contributed by atoms with E-state index in [1.165, 1.54) is 24.3 Å². The normalized spacial score (nSPS) is 11.8. The van der Waals surface area contributed by atoms with Crippen molar-refractivity contribution >= 4 is 0 Å². The number of nitrogens with two attached hydrogens (primary N) is 1. The van der Waals surface area contributed by atoms with E-state index in [0.717, 1.165) is 6.07 Å². The van der Waals surface area contributed by atoms with E-state index < -0.39 is 11.6 Å². The summed E-state index contributed by atoms with van der Waals surface area (Å²) in [7, 11) is 0. The first-order valence-corrected chi connectivity index (χ1v) is 6.37. The third-order valence-electron chi connectivity index (χ3n) is 2.96. The molecular formula is C16H14F2N2O. The van der Waals surface area contributed by atoms with Crippen molar-refractivity contribution in [2.24, 2.45) is 5.73 Å². The SMILES string of the molecule is CC(N)c1ccc(OCc2cc(F)cc(C#N)c2)c(F)c1. The number of rotatable bonds is 4. The highest BCUT2D eigenvalue weighted by Gasteiger charge is 2.08. The fourth-order valence-electron chi connectivity index (χ4n) is 1.88. The van der Waals surface area contributed by atoms with Gasteiger partial charge in [0, 0.05) is 6.04 Å². The molecular weight excluding hydrogens is 274 g/mol. The lowest BCUT2D eigenvalue weighted by molar-refractivity contribution is 0.289. The minimum absolute atomic E-state index is 0.0269. The first kappa shape index (κ1) is 14.9. The van der Waals surface area contributed by atoms with Crippen molar-refractivity contribution in [1.82, 2.24) is 0 Å². The van der Waals surface area contributed by atoms with Gasteiger partial charge < -0.3 is 10.5 Å². The summed E-state index contributed by atoms with van der Waals surface area (Å²) in [6.45, 7) is 1.73. The Hall–Kier alpha value is -2.45. The van der Waals surface area contributed by atoms with E-state index in [1.807, 2.05) is 6.07 Å². The molecule has 0 radical (unpaired) electrons. The molecule has 0 spiro atoms. The van der Waals surface area contributed by atoms with E-state index in [-0.39, 0.29) is 24.0 Å². The molecule has 0 amide bonds. The summed E-state index contributed by atoms with van der Waals surface area (Å²) in [5.74, 6) is -0.996. The first-order valence-electron chi connectivity index (χ1n) is 6.37. The minimum atomic E-state index is -0.527. The number of hydrogen-bond acceptors (Lipinski definition) is 3. The second kappa shape index (κ2) is 6.33. The van der Waals surface area contributed by atoms with Crippen LogP contribution in [0.15, 0.2) is 36.4 Å². The molecule has 2 aromatic carbocycles. The molecule has 0 bridgehead atoms. The number of ether oxygens (including phenoxy) is 1. The molecule has 0 fully saturated rings. The fourth-order valence-corrected chi connectivity index (χ4v) is 1.88. The van der Waals surface area contributed by atoms with E-state index in [9.17, 15) is 8.78 Å². The van der Waals surface area contributed by atoms with Gasteiger partial charge in [-0.2, -0.15) is 5.26 Å². The van der Waals surface area contributed by atoms with Gasteiger partial charge in [0.15, 0.2) is 11.6 Å². The van der Waals surface area contributed by atoms with Crippen LogP contribution in [-0.4, -0.2) is 0 Å². The van der Waals surface area contributed by atoms with E-state index in [1.54, 1.807) is 13.0 Å². The summed E-state index contributed by atoms with van der Waals surface area (Å²) in [6.07, 6.45) is 0. The molecule has 0 aliphatic heterocycles. The van der Waals surface area contributed by atoms with E-state index in [0.29, 0.717) is 11.1 Å². The minimum Gasteiger partial charge on any atom is -0.486 e. The molecule has 0 saturated carbocycles. The van der Waals surface area contributed by atoms with E-state index in [2.05, 4.69) is 0 Å². The molecule has 1 atom stereocenters. The molecule has 2 rings (SSSR count). The van der Waals surface area contributed by atoms with Gasteiger partial charge in [0.1, 0.15) is 12.4 Å². The van der Waals surface area contributed by atoms with Gasteiger partial charge in [-0.25, -0.2) is 8.78 Å². The van der Waals surface area contributed by atoms with Crippen molar-refractivity contribution in [3.8, 4) is 11.8 Å². The van der Waals surface area contributed by atoms with Crippen LogP contribution < -0.4 is 10.5 Å². The molecule has 0 aromatic heterocycles. The van der Waals surface area contributed by atoms with Crippen LogP contribution in [0.4, 0.5) is 8.78 Å². The third-order valence-corrected chi connectivity index (χ3v) is 2.96. The van der Waals surface area contributed by atoms with Gasteiger partial charge in [-0.05, 0) is 48.4 Å². The molecule has 2 N–H and O–H groups in total. The van der Waals surface area contributed by atoms with Gasteiger partial charge in [0.05, 0.1) is 11.6 Å². The molecule has 2 aromatic rings. The number of hydrogen-bond donors (Lipinski definition) is 1. The molecule has 108 valence electrons. The van der Waals surface area contributed by atoms with Crippen LogP contribution in [0.2, 0.25) is 0 Å². The van der Waals surface area contributed by atoms with Gasteiger partial charge in [-0.15, -0.1) is 0 Å². The van der Waals surface area contributed by atoms with E-state index >= 15 is 0 Å². The van der Waals surface area contributed by atoms with Gasteiger partial charge in [0.2, 0.25) is 0 Å². The molecule has 0 saturated heterocycles. The summed E-state index contributed by atoms with van der Waals surface area (Å²) in [4.78, 5) is 0. The van der Waals surface area contributed by atoms with Crippen molar-refractivity contribution < 1.29 is 13.5 Å². The zero-order chi connectivity index (χ0) is 15.4. The Kier molecular flexibility index (Phi) is 4.51. The molecule has 1 unspecified atom stereocenters. The smallest absolute Gasteiger partial charge is 0.165 e. The quantitative estimate of drug-likeness (QED) is 0.937. The van der Waals surface area contributed by atoms with Gasteiger partial charge in [-0.1, -0.05) is 6.07 Å². The summed E-state index contributed by atoms with van der Waals surface area (Å²) < 4.78 is 32.4. The average molecular weight is 288 g/mol. The van der Waals surface area contributed by atoms with Crippen LogP contribution in [0.25, 0.3) is 0 Å². The molecule has 3 nitrogen and oxygen atoms in total. The average Bonchev–Trinajstić information content (AvgIpc) is 2.45. The highest BCUT2D eigenvalue weighted by atomic mass is 19.1. The Bertz CT molecular complexity index is 693. The lowest BCUT2D eigenvalue weighted by atomic mass is 10.1. The maximum absolute atomic E-state index is 13.8. The highest BCUT2D eigenvalue weighted by Crippen LogP contribution is 2.22. The molecule has 0 aliphatic rings. The first-order chi connectivity index (χ1) is 9.99. The fraction of sp³-hybridized carbons (Fsp3) is 0.188. The predicted octanol–water partition coefficient (Wildman–Crippen LogP) is 3.44. The third kappa shape index (κ3) is 3.77. The number of halogens is 2. The number of benzene rings is 2. The van der Waals surface area contributed by atoms with Crippen molar-refractivity contribution in [2.45, 2.75) is 19.6 Å². The highest BCUT2D eigenvalue weighted by molar-refractivity contribution is 5.34. The number of nitrogens with zero attached hydrogens (tertiary/aromatic N) is 1. The van der Waals surface area contributed by atoms with Crippen LogP contribution in [0.5, 0.6) is 5.75 Å². The van der Waals surface area contributed by atoms with E-state index in [4.69, 9.17) is 15.7 Å². The molecule has 21 heavy (non-hydrogen) atoms. The standard InChI is InChI=1S/C16H14F2N2O/c1-10(20)13-2-3-16(15(18)7-13)21-9-12-4-11(8-19)5-14(17)6-12/h2-7,10H,9,20H2,1H3. The molecule has 5 heteroatoms. The van der Waals surface area contributed by atoms with Crippen LogP contribution in [0.3, 0.4) is 0 Å². The summed E-state index contributed by atoms with van der Waals surface area (Å²) in [5, 5.41) is 8.77. The number of nitriles is 1. The van der Waals surface area contributed by atoms with Gasteiger partial charge in [0.25, 0.3) is 0 Å². The molecule has 0 heterocycles. The Morgan fingerprint density at radius 3 is 2.62 bits per heavy atom. The second-order valence-corrected chi connectivity index (χ2v) is 4.73. The zero-order valence-electron chi connectivity index (χ0n) is 11.4. The maximum Gasteiger partial charge on any atom is 0.165 e.